The summed E-state index contributed by atoms with van der Waals surface area (Å²) in [6.45, 7) is 4.16. The van der Waals surface area contributed by atoms with Crippen molar-refractivity contribution in [3.05, 3.63) is 78.2 Å². The number of para-hydroxylation sites is 1. The number of aryl methyl sites for hydroxylation is 2. The summed E-state index contributed by atoms with van der Waals surface area (Å²) in [5, 5.41) is 12.5. The molecule has 0 bridgehead atoms. The predicted octanol–water partition coefficient (Wildman–Crippen LogP) is 4.75. The molecule has 0 saturated carbocycles. The Morgan fingerprint density at radius 3 is 2.43 bits per heavy atom. The molecule has 5 rings (SSSR count). The Balaban J connectivity index is 1.68. The molecule has 0 unspecified atom stereocenters. The molecule has 0 aliphatic carbocycles. The minimum absolute atomic E-state index is 0.637. The maximum atomic E-state index is 5.43. The van der Waals surface area contributed by atoms with Gasteiger partial charge in [0.2, 0.25) is 0 Å². The normalized spacial score (nSPS) is 11.2. The summed E-state index contributed by atoms with van der Waals surface area (Å²) >= 11 is 0. The molecule has 6 heteroatoms. The molecule has 6 nitrogen and oxygen atoms in total. The standard InChI is InChI=1S/C22H17N5O/c1-14-11-17(16-7-4-3-5-8-16)12-15(2)21(14)27-22(24-25-26-27)18-9-6-10-19-20(18)23-13-28-19/h3-13H,1-2H3. The van der Waals surface area contributed by atoms with Gasteiger partial charge in [-0.15, -0.1) is 5.10 Å². The first-order valence-electron chi connectivity index (χ1n) is 9.00. The van der Waals surface area contributed by atoms with E-state index < -0.39 is 0 Å². The lowest BCUT2D eigenvalue weighted by Gasteiger charge is -2.14. The van der Waals surface area contributed by atoms with Gasteiger partial charge in [-0.05, 0) is 70.8 Å². The van der Waals surface area contributed by atoms with Gasteiger partial charge in [0, 0.05) is 0 Å². The average molecular weight is 367 g/mol. The molecule has 0 atom stereocenters. The largest absolute Gasteiger partial charge is 0.443 e. The minimum Gasteiger partial charge on any atom is -0.443 e. The number of hydrogen-bond acceptors (Lipinski definition) is 5. The van der Waals surface area contributed by atoms with Crippen LogP contribution >= 0.6 is 0 Å². The Hall–Kier alpha value is -3.80. The second-order valence-corrected chi connectivity index (χ2v) is 6.74. The van der Waals surface area contributed by atoms with E-state index in [1.54, 1.807) is 4.68 Å². The van der Waals surface area contributed by atoms with Crippen LogP contribution in [0.15, 0.2) is 71.5 Å². The molecule has 2 aromatic heterocycles. The Morgan fingerprint density at radius 2 is 1.64 bits per heavy atom. The highest BCUT2D eigenvalue weighted by Gasteiger charge is 2.18. The van der Waals surface area contributed by atoms with Crippen LogP contribution in [0.25, 0.3) is 39.3 Å². The summed E-state index contributed by atoms with van der Waals surface area (Å²) in [5.74, 6) is 0.637. The van der Waals surface area contributed by atoms with Gasteiger partial charge in [0.1, 0.15) is 5.52 Å². The smallest absolute Gasteiger partial charge is 0.189 e. The van der Waals surface area contributed by atoms with Crippen LogP contribution < -0.4 is 0 Å². The quantitative estimate of drug-likeness (QED) is 0.460. The third-order valence-electron chi connectivity index (χ3n) is 4.88. The summed E-state index contributed by atoms with van der Waals surface area (Å²) < 4.78 is 7.21. The molecule has 3 aromatic carbocycles. The number of oxazole rings is 1. The molecular weight excluding hydrogens is 350 g/mol. The van der Waals surface area contributed by atoms with E-state index in [0.717, 1.165) is 27.9 Å². The van der Waals surface area contributed by atoms with Crippen LogP contribution in [0.5, 0.6) is 0 Å². The van der Waals surface area contributed by atoms with Gasteiger partial charge in [-0.1, -0.05) is 36.4 Å². The number of rotatable bonds is 3. The fraction of sp³-hybridized carbons (Fsp3) is 0.0909. The monoisotopic (exact) mass is 367 g/mol. The number of hydrogen-bond donors (Lipinski definition) is 0. The highest BCUT2D eigenvalue weighted by Crippen LogP contribution is 2.31. The van der Waals surface area contributed by atoms with Crippen molar-refractivity contribution in [2.24, 2.45) is 0 Å². The topological polar surface area (TPSA) is 69.6 Å². The Morgan fingerprint density at radius 1 is 0.857 bits per heavy atom. The third kappa shape index (κ3) is 2.58. The highest BCUT2D eigenvalue weighted by atomic mass is 16.3. The molecule has 0 aliphatic heterocycles. The molecule has 0 spiro atoms. The molecule has 5 aromatic rings. The highest BCUT2D eigenvalue weighted by molar-refractivity contribution is 5.88. The van der Waals surface area contributed by atoms with Crippen molar-refractivity contribution in [1.82, 2.24) is 25.2 Å². The molecule has 0 radical (unpaired) electrons. The fourth-order valence-corrected chi connectivity index (χ4v) is 3.66. The second-order valence-electron chi connectivity index (χ2n) is 6.74. The van der Waals surface area contributed by atoms with Gasteiger partial charge in [0.15, 0.2) is 17.8 Å². The maximum Gasteiger partial charge on any atom is 0.189 e. The first-order valence-corrected chi connectivity index (χ1v) is 9.00. The van der Waals surface area contributed by atoms with Crippen molar-refractivity contribution in [2.45, 2.75) is 13.8 Å². The maximum absolute atomic E-state index is 5.43. The zero-order valence-electron chi connectivity index (χ0n) is 15.5. The molecule has 0 amide bonds. The lowest BCUT2D eigenvalue weighted by Crippen LogP contribution is -2.05. The van der Waals surface area contributed by atoms with Gasteiger partial charge in [-0.2, -0.15) is 4.68 Å². The molecule has 2 heterocycles. The molecule has 28 heavy (non-hydrogen) atoms. The van der Waals surface area contributed by atoms with E-state index >= 15 is 0 Å². The van der Waals surface area contributed by atoms with Crippen molar-refractivity contribution >= 4 is 11.1 Å². The summed E-state index contributed by atoms with van der Waals surface area (Å²) in [5.41, 5.74) is 7.81. The SMILES string of the molecule is Cc1cc(-c2ccccc2)cc(C)c1-n1nnnc1-c1cccc2ocnc12. The van der Waals surface area contributed by atoms with Crippen LogP contribution in [0, 0.1) is 13.8 Å². The van der Waals surface area contributed by atoms with Gasteiger partial charge < -0.3 is 4.42 Å². The lowest BCUT2D eigenvalue weighted by atomic mass is 9.99. The van der Waals surface area contributed by atoms with Crippen molar-refractivity contribution in [2.75, 3.05) is 0 Å². The molecule has 0 fully saturated rings. The number of fused-ring (bicyclic) bond motifs is 1. The molecule has 0 N–H and O–H groups in total. The average Bonchev–Trinajstić information content (AvgIpc) is 3.37. The summed E-state index contributed by atoms with van der Waals surface area (Å²) in [7, 11) is 0. The van der Waals surface area contributed by atoms with Crippen molar-refractivity contribution < 1.29 is 4.42 Å². The summed E-state index contributed by atoms with van der Waals surface area (Å²) in [6.07, 6.45) is 1.44. The van der Waals surface area contributed by atoms with E-state index in [4.69, 9.17) is 4.42 Å². The predicted molar refractivity (Wildman–Crippen MR) is 107 cm³/mol. The van der Waals surface area contributed by atoms with Crippen LogP contribution in [0.2, 0.25) is 0 Å². The molecule has 0 saturated heterocycles. The molecule has 136 valence electrons. The van der Waals surface area contributed by atoms with Gasteiger partial charge in [0.25, 0.3) is 0 Å². The van der Waals surface area contributed by atoms with Crippen LogP contribution in [0.4, 0.5) is 0 Å². The van der Waals surface area contributed by atoms with E-state index in [0.29, 0.717) is 11.4 Å². The Kier molecular flexibility index (Phi) is 3.76. The third-order valence-corrected chi connectivity index (χ3v) is 4.88. The van der Waals surface area contributed by atoms with Crippen LogP contribution in [0.1, 0.15) is 11.1 Å². The van der Waals surface area contributed by atoms with E-state index in [9.17, 15) is 0 Å². The molecule has 0 aliphatic rings. The first kappa shape index (κ1) is 16.4. The van der Waals surface area contributed by atoms with Gasteiger partial charge in [-0.25, -0.2) is 4.98 Å². The van der Waals surface area contributed by atoms with E-state index in [-0.39, 0.29) is 0 Å². The first-order chi connectivity index (χ1) is 13.7. The Bertz CT molecular complexity index is 1260. The summed E-state index contributed by atoms with van der Waals surface area (Å²) in [6, 6.07) is 20.4. The van der Waals surface area contributed by atoms with Crippen molar-refractivity contribution in [1.29, 1.82) is 0 Å². The number of nitrogens with zero attached hydrogens (tertiary/aromatic N) is 5. The number of aromatic nitrogens is 5. The van der Waals surface area contributed by atoms with Gasteiger partial charge in [-0.3, -0.25) is 0 Å². The zero-order chi connectivity index (χ0) is 19.1. The van der Waals surface area contributed by atoms with E-state index in [1.807, 2.05) is 36.4 Å². The van der Waals surface area contributed by atoms with Gasteiger partial charge in [0.05, 0.1) is 11.3 Å². The minimum atomic E-state index is 0.637. The van der Waals surface area contributed by atoms with Crippen molar-refractivity contribution in [3.63, 3.8) is 0 Å². The van der Waals surface area contributed by atoms with Crippen LogP contribution in [-0.4, -0.2) is 25.2 Å². The second kappa shape index (κ2) is 6.42. The Labute approximate surface area is 161 Å². The van der Waals surface area contributed by atoms with Crippen LogP contribution in [0.3, 0.4) is 0 Å². The zero-order valence-corrected chi connectivity index (χ0v) is 15.5. The fourth-order valence-electron chi connectivity index (χ4n) is 3.66. The summed E-state index contributed by atoms with van der Waals surface area (Å²) in [4.78, 5) is 4.33. The number of tetrazole rings is 1. The van der Waals surface area contributed by atoms with E-state index in [1.165, 1.54) is 17.5 Å². The number of benzene rings is 3. The lowest BCUT2D eigenvalue weighted by molar-refractivity contribution is 0.602. The van der Waals surface area contributed by atoms with Crippen molar-refractivity contribution in [3.8, 4) is 28.2 Å². The van der Waals surface area contributed by atoms with E-state index in [2.05, 4.69) is 58.6 Å². The molecular formula is C22H17N5O. The van der Waals surface area contributed by atoms with Gasteiger partial charge >= 0.3 is 0 Å². The van der Waals surface area contributed by atoms with Crippen LogP contribution in [-0.2, 0) is 0 Å².